The van der Waals surface area contributed by atoms with Crippen molar-refractivity contribution in [1.29, 1.82) is 0 Å². The van der Waals surface area contributed by atoms with E-state index < -0.39 is 23.6 Å². The summed E-state index contributed by atoms with van der Waals surface area (Å²) in [5.74, 6) is -2.82. The third kappa shape index (κ3) is 1.99. The molecule has 18 heavy (non-hydrogen) atoms. The molecule has 0 saturated carbocycles. The Hall–Kier alpha value is -2.17. The molecule has 94 valence electrons. The second kappa shape index (κ2) is 4.60. The monoisotopic (exact) mass is 247 g/mol. The number of anilines is 1. The molecule has 0 aromatic heterocycles. The smallest absolute Gasteiger partial charge is 0.310 e. The van der Waals surface area contributed by atoms with Crippen LogP contribution in [0.4, 0.5) is 5.69 Å². The van der Waals surface area contributed by atoms with E-state index in [2.05, 4.69) is 5.32 Å². The van der Waals surface area contributed by atoms with Crippen molar-refractivity contribution in [3.05, 3.63) is 29.3 Å². The van der Waals surface area contributed by atoms with Crippen LogP contribution >= 0.6 is 0 Å². The van der Waals surface area contributed by atoms with Crippen molar-refractivity contribution >= 4 is 23.3 Å². The third-order valence-electron chi connectivity index (χ3n) is 3.02. The molecule has 1 atom stereocenters. The summed E-state index contributed by atoms with van der Waals surface area (Å²) in [4.78, 5) is 33.9. The molecule has 2 N–H and O–H groups in total. The number of hydrogen-bond donors (Lipinski definition) is 2. The number of ketones is 1. The van der Waals surface area contributed by atoms with E-state index in [0.717, 1.165) is 6.42 Å². The molecule has 1 amide bonds. The predicted molar refractivity (Wildman–Crippen MR) is 64.7 cm³/mol. The van der Waals surface area contributed by atoms with Gasteiger partial charge in [-0.2, -0.15) is 0 Å². The Labute approximate surface area is 104 Å². The molecule has 2 rings (SSSR count). The lowest BCUT2D eigenvalue weighted by Gasteiger charge is -2.12. The standard InChI is InChI=1S/C13H13NO4/c1-2-3-8(13(17)18)7-4-5-10-9(6-7)11(15)12(16)14-10/h4-6,8H,2-3H2,1H3,(H,17,18)(H,14,15,16). The molecule has 0 aliphatic carbocycles. The number of carboxylic acid groups (broad SMARTS) is 1. The zero-order chi connectivity index (χ0) is 13.3. The maximum Gasteiger partial charge on any atom is 0.310 e. The lowest BCUT2D eigenvalue weighted by atomic mass is 9.92. The molecular weight excluding hydrogens is 234 g/mol. The summed E-state index contributed by atoms with van der Waals surface area (Å²) in [5.41, 5.74) is 1.28. The first-order valence-corrected chi connectivity index (χ1v) is 5.77. The summed E-state index contributed by atoms with van der Waals surface area (Å²) in [6, 6.07) is 4.73. The molecule has 0 saturated heterocycles. The number of hydrogen-bond acceptors (Lipinski definition) is 3. The predicted octanol–water partition coefficient (Wildman–Crippen LogP) is 1.79. The van der Waals surface area contributed by atoms with Crippen molar-refractivity contribution in [2.24, 2.45) is 0 Å². The Bertz CT molecular complexity index is 536. The van der Waals surface area contributed by atoms with Gasteiger partial charge in [0, 0.05) is 0 Å². The number of Topliss-reactive ketones (excluding diaryl/α,β-unsaturated/α-hetero) is 1. The number of carbonyl (C=O) groups excluding carboxylic acids is 2. The van der Waals surface area contributed by atoms with Crippen molar-refractivity contribution in [1.82, 2.24) is 0 Å². The van der Waals surface area contributed by atoms with Gasteiger partial charge in [-0.1, -0.05) is 19.4 Å². The van der Waals surface area contributed by atoms with Gasteiger partial charge in [0.05, 0.1) is 17.2 Å². The number of carboxylic acids is 1. The number of amides is 1. The van der Waals surface area contributed by atoms with Gasteiger partial charge in [0.25, 0.3) is 11.7 Å². The summed E-state index contributed by atoms with van der Waals surface area (Å²) in [7, 11) is 0. The molecule has 0 radical (unpaired) electrons. The van der Waals surface area contributed by atoms with Crippen molar-refractivity contribution in [3.8, 4) is 0 Å². The van der Waals surface area contributed by atoms with Crippen LogP contribution in [0.5, 0.6) is 0 Å². The van der Waals surface area contributed by atoms with Gasteiger partial charge < -0.3 is 10.4 Å². The van der Waals surface area contributed by atoms with Crippen LogP contribution in [-0.4, -0.2) is 22.8 Å². The average molecular weight is 247 g/mol. The lowest BCUT2D eigenvalue weighted by molar-refractivity contribution is -0.139. The highest BCUT2D eigenvalue weighted by molar-refractivity contribution is 6.51. The van der Waals surface area contributed by atoms with Crippen molar-refractivity contribution in [2.45, 2.75) is 25.7 Å². The zero-order valence-electron chi connectivity index (χ0n) is 9.90. The molecule has 0 bridgehead atoms. The molecular formula is C13H13NO4. The summed E-state index contributed by atoms with van der Waals surface area (Å²) >= 11 is 0. The molecule has 1 heterocycles. The lowest BCUT2D eigenvalue weighted by Crippen LogP contribution is -2.13. The number of aliphatic carboxylic acids is 1. The van der Waals surface area contributed by atoms with E-state index in [0.29, 0.717) is 17.7 Å². The first kappa shape index (κ1) is 12.3. The SMILES string of the molecule is CCCC(C(=O)O)c1ccc2c(c1)C(=O)C(=O)N2. The molecule has 0 spiro atoms. The molecule has 1 aromatic rings. The van der Waals surface area contributed by atoms with E-state index in [4.69, 9.17) is 5.11 Å². The molecule has 1 aromatic carbocycles. The van der Waals surface area contributed by atoms with Crippen LogP contribution in [0, 0.1) is 0 Å². The summed E-state index contributed by atoms with van der Waals surface area (Å²) in [6.45, 7) is 1.90. The second-order valence-electron chi connectivity index (χ2n) is 4.27. The maximum atomic E-state index is 11.5. The van der Waals surface area contributed by atoms with Crippen molar-refractivity contribution in [2.75, 3.05) is 5.32 Å². The molecule has 5 nitrogen and oxygen atoms in total. The highest BCUT2D eigenvalue weighted by Crippen LogP contribution is 2.29. The minimum Gasteiger partial charge on any atom is -0.481 e. The fourth-order valence-corrected chi connectivity index (χ4v) is 2.10. The average Bonchev–Trinajstić information content (AvgIpc) is 2.62. The van der Waals surface area contributed by atoms with Gasteiger partial charge in [-0.3, -0.25) is 14.4 Å². The minimum absolute atomic E-state index is 0.264. The van der Waals surface area contributed by atoms with Crippen molar-refractivity contribution < 1.29 is 19.5 Å². The quantitative estimate of drug-likeness (QED) is 0.794. The van der Waals surface area contributed by atoms with Gasteiger partial charge in [-0.25, -0.2) is 0 Å². The number of benzene rings is 1. The maximum absolute atomic E-state index is 11.5. The van der Waals surface area contributed by atoms with Gasteiger partial charge in [0.15, 0.2) is 0 Å². The minimum atomic E-state index is -0.915. The Balaban J connectivity index is 2.40. The van der Waals surface area contributed by atoms with Crippen LogP contribution in [0.3, 0.4) is 0 Å². The normalized spacial score (nSPS) is 15.2. The topological polar surface area (TPSA) is 83.5 Å². The Morgan fingerprint density at radius 3 is 2.72 bits per heavy atom. The highest BCUT2D eigenvalue weighted by atomic mass is 16.4. The van der Waals surface area contributed by atoms with E-state index >= 15 is 0 Å². The first-order chi connectivity index (χ1) is 8.54. The van der Waals surface area contributed by atoms with Crippen LogP contribution < -0.4 is 5.32 Å². The molecule has 1 aliphatic rings. The number of fused-ring (bicyclic) bond motifs is 1. The van der Waals surface area contributed by atoms with Gasteiger partial charge in [0.1, 0.15) is 0 Å². The fraction of sp³-hybridized carbons (Fsp3) is 0.308. The summed E-state index contributed by atoms with van der Waals surface area (Å²) in [6.07, 6.45) is 1.24. The van der Waals surface area contributed by atoms with E-state index in [-0.39, 0.29) is 5.56 Å². The van der Waals surface area contributed by atoms with Gasteiger partial charge in [0.2, 0.25) is 0 Å². The molecule has 5 heteroatoms. The Morgan fingerprint density at radius 2 is 2.11 bits per heavy atom. The van der Waals surface area contributed by atoms with Gasteiger partial charge in [-0.05, 0) is 24.1 Å². The number of nitrogens with one attached hydrogen (secondary N) is 1. The second-order valence-corrected chi connectivity index (χ2v) is 4.27. The highest BCUT2D eigenvalue weighted by Gasteiger charge is 2.29. The molecule has 1 unspecified atom stereocenters. The number of rotatable bonds is 4. The van der Waals surface area contributed by atoms with Crippen LogP contribution in [-0.2, 0) is 9.59 Å². The Kier molecular flexibility index (Phi) is 3.14. The van der Waals surface area contributed by atoms with E-state index in [1.807, 2.05) is 6.92 Å². The van der Waals surface area contributed by atoms with Crippen molar-refractivity contribution in [3.63, 3.8) is 0 Å². The van der Waals surface area contributed by atoms with E-state index in [1.165, 1.54) is 6.07 Å². The summed E-state index contributed by atoms with van der Waals surface area (Å²) in [5, 5.41) is 11.6. The van der Waals surface area contributed by atoms with E-state index in [1.54, 1.807) is 12.1 Å². The fourth-order valence-electron chi connectivity index (χ4n) is 2.10. The summed E-state index contributed by atoms with van der Waals surface area (Å²) < 4.78 is 0. The van der Waals surface area contributed by atoms with Crippen LogP contribution in [0.2, 0.25) is 0 Å². The van der Waals surface area contributed by atoms with Gasteiger partial charge >= 0.3 is 5.97 Å². The largest absolute Gasteiger partial charge is 0.481 e. The molecule has 1 aliphatic heterocycles. The third-order valence-corrected chi connectivity index (χ3v) is 3.02. The zero-order valence-corrected chi connectivity index (χ0v) is 9.90. The molecule has 0 fully saturated rings. The van der Waals surface area contributed by atoms with Gasteiger partial charge in [-0.15, -0.1) is 0 Å². The van der Waals surface area contributed by atoms with Crippen LogP contribution in [0.15, 0.2) is 18.2 Å². The Morgan fingerprint density at radius 1 is 1.39 bits per heavy atom. The first-order valence-electron chi connectivity index (χ1n) is 5.77. The van der Waals surface area contributed by atoms with Crippen LogP contribution in [0.25, 0.3) is 0 Å². The van der Waals surface area contributed by atoms with Crippen LogP contribution in [0.1, 0.15) is 41.6 Å². The number of carbonyl (C=O) groups is 3. The van der Waals surface area contributed by atoms with E-state index in [9.17, 15) is 14.4 Å².